The molecule has 1 N–H and O–H groups in total. The molecule has 0 radical (unpaired) electrons. The summed E-state index contributed by atoms with van der Waals surface area (Å²) in [4.78, 5) is 12.4. The summed E-state index contributed by atoms with van der Waals surface area (Å²) in [6, 6.07) is 13.8. The molecule has 0 atom stereocenters. The third-order valence-electron chi connectivity index (χ3n) is 4.16. The summed E-state index contributed by atoms with van der Waals surface area (Å²) in [7, 11) is 1.64. The minimum atomic E-state index is -0.120. The van der Waals surface area contributed by atoms with Crippen LogP contribution >= 0.6 is 0 Å². The van der Waals surface area contributed by atoms with E-state index in [1.54, 1.807) is 13.2 Å². The molecular weight excluding hydrogens is 310 g/mol. The molecule has 0 saturated carbocycles. The van der Waals surface area contributed by atoms with Gasteiger partial charge < -0.3 is 10.1 Å². The third-order valence-corrected chi connectivity index (χ3v) is 4.16. The predicted molar refractivity (Wildman–Crippen MR) is 105 cm³/mol. The highest BCUT2D eigenvalue weighted by molar-refractivity contribution is 6.03. The first-order valence-electron chi connectivity index (χ1n) is 8.68. The van der Waals surface area contributed by atoms with Gasteiger partial charge in [0.15, 0.2) is 0 Å². The zero-order chi connectivity index (χ0) is 18.4. The Morgan fingerprint density at radius 3 is 2.00 bits per heavy atom. The van der Waals surface area contributed by atoms with Gasteiger partial charge in [-0.05, 0) is 46.7 Å². The molecule has 0 aliphatic rings. The van der Waals surface area contributed by atoms with Gasteiger partial charge in [0.1, 0.15) is 5.75 Å². The molecular formula is C22H27NO2. The number of nitrogens with one attached hydrogen (secondary N) is 1. The van der Waals surface area contributed by atoms with Crippen LogP contribution in [-0.4, -0.2) is 13.0 Å². The lowest BCUT2D eigenvalue weighted by Crippen LogP contribution is -2.13. The number of ether oxygens (including phenoxy) is 1. The normalized spacial score (nSPS) is 11.3. The van der Waals surface area contributed by atoms with Gasteiger partial charge in [0.2, 0.25) is 5.91 Å². The van der Waals surface area contributed by atoms with Crippen molar-refractivity contribution in [1.29, 1.82) is 0 Å². The Bertz CT molecular complexity index is 717. The van der Waals surface area contributed by atoms with Crippen LogP contribution in [0.5, 0.6) is 5.75 Å². The Morgan fingerprint density at radius 2 is 1.52 bits per heavy atom. The molecule has 0 heterocycles. The van der Waals surface area contributed by atoms with Crippen molar-refractivity contribution in [2.45, 2.75) is 39.5 Å². The number of carbonyl (C=O) groups is 1. The van der Waals surface area contributed by atoms with Crippen molar-refractivity contribution >= 4 is 17.7 Å². The number of hydrogen-bond acceptors (Lipinski definition) is 2. The van der Waals surface area contributed by atoms with Gasteiger partial charge >= 0.3 is 0 Å². The third kappa shape index (κ3) is 4.96. The average molecular weight is 337 g/mol. The predicted octanol–water partition coefficient (Wildman–Crippen LogP) is 5.59. The zero-order valence-electron chi connectivity index (χ0n) is 15.7. The molecule has 0 aliphatic heterocycles. The standard InChI is InChI=1S/C22H27NO2/c1-15(2)19-7-6-8-20(16(3)4)22(19)23-21(24)14-11-17-9-12-18(25-5)13-10-17/h6-16H,1-5H3,(H,23,24). The lowest BCUT2D eigenvalue weighted by atomic mass is 9.92. The molecule has 25 heavy (non-hydrogen) atoms. The second-order valence-electron chi connectivity index (χ2n) is 6.72. The number of rotatable bonds is 6. The summed E-state index contributed by atoms with van der Waals surface area (Å²) < 4.78 is 5.14. The van der Waals surface area contributed by atoms with Crippen LogP contribution in [0.2, 0.25) is 0 Å². The smallest absolute Gasteiger partial charge is 0.248 e. The highest BCUT2D eigenvalue weighted by Gasteiger charge is 2.14. The van der Waals surface area contributed by atoms with Crippen molar-refractivity contribution < 1.29 is 9.53 Å². The highest BCUT2D eigenvalue weighted by Crippen LogP contribution is 2.32. The minimum Gasteiger partial charge on any atom is -0.497 e. The summed E-state index contributed by atoms with van der Waals surface area (Å²) in [5.41, 5.74) is 4.23. The molecule has 3 heteroatoms. The summed E-state index contributed by atoms with van der Waals surface area (Å²) in [5, 5.41) is 3.08. The van der Waals surface area contributed by atoms with Crippen LogP contribution in [0.3, 0.4) is 0 Å². The lowest BCUT2D eigenvalue weighted by Gasteiger charge is -2.19. The lowest BCUT2D eigenvalue weighted by molar-refractivity contribution is -0.111. The maximum absolute atomic E-state index is 12.4. The van der Waals surface area contributed by atoms with Crippen molar-refractivity contribution in [3.8, 4) is 5.75 Å². The Balaban J connectivity index is 2.20. The van der Waals surface area contributed by atoms with Gasteiger partial charge in [0.05, 0.1) is 7.11 Å². The SMILES string of the molecule is COc1ccc(C=CC(=O)Nc2c(C(C)C)cccc2C(C)C)cc1. The van der Waals surface area contributed by atoms with Crippen LogP contribution in [0.4, 0.5) is 5.69 Å². The molecule has 2 rings (SSSR count). The minimum absolute atomic E-state index is 0.120. The Kier molecular flexibility index (Phi) is 6.40. The van der Waals surface area contributed by atoms with Crippen molar-refractivity contribution in [1.82, 2.24) is 0 Å². The van der Waals surface area contributed by atoms with E-state index in [1.807, 2.05) is 30.3 Å². The van der Waals surface area contributed by atoms with Crippen molar-refractivity contribution in [2.75, 3.05) is 12.4 Å². The largest absolute Gasteiger partial charge is 0.497 e. The molecule has 0 spiro atoms. The molecule has 0 aliphatic carbocycles. The van der Waals surface area contributed by atoms with Gasteiger partial charge in [-0.3, -0.25) is 4.79 Å². The number of hydrogen-bond donors (Lipinski definition) is 1. The second kappa shape index (κ2) is 8.52. The fourth-order valence-electron chi connectivity index (χ4n) is 2.75. The summed E-state index contributed by atoms with van der Waals surface area (Å²) in [5.74, 6) is 1.37. The van der Waals surface area contributed by atoms with Gasteiger partial charge in [-0.15, -0.1) is 0 Å². The quantitative estimate of drug-likeness (QED) is 0.697. The molecule has 1 amide bonds. The van der Waals surface area contributed by atoms with E-state index in [0.717, 1.165) is 28.1 Å². The van der Waals surface area contributed by atoms with Crippen molar-refractivity contribution in [3.63, 3.8) is 0 Å². The first kappa shape index (κ1) is 18.8. The van der Waals surface area contributed by atoms with Gasteiger partial charge in [-0.25, -0.2) is 0 Å². The molecule has 0 unspecified atom stereocenters. The van der Waals surface area contributed by atoms with Crippen LogP contribution in [0.15, 0.2) is 48.5 Å². The van der Waals surface area contributed by atoms with E-state index in [2.05, 4.69) is 51.2 Å². The van der Waals surface area contributed by atoms with Crippen LogP contribution in [-0.2, 0) is 4.79 Å². The average Bonchev–Trinajstić information content (AvgIpc) is 2.60. The van der Waals surface area contributed by atoms with E-state index in [4.69, 9.17) is 4.74 Å². The molecule has 0 bridgehead atoms. The van der Waals surface area contributed by atoms with Crippen LogP contribution < -0.4 is 10.1 Å². The maximum Gasteiger partial charge on any atom is 0.248 e. The van der Waals surface area contributed by atoms with Crippen molar-refractivity contribution in [2.24, 2.45) is 0 Å². The molecule has 0 saturated heterocycles. The maximum atomic E-state index is 12.4. The first-order valence-corrected chi connectivity index (χ1v) is 8.68. The van der Waals surface area contributed by atoms with Gasteiger partial charge in [-0.1, -0.05) is 58.0 Å². The number of anilines is 1. The van der Waals surface area contributed by atoms with E-state index in [9.17, 15) is 4.79 Å². The Labute approximate surface area is 150 Å². The molecule has 2 aromatic rings. The van der Waals surface area contributed by atoms with E-state index in [-0.39, 0.29) is 5.91 Å². The highest BCUT2D eigenvalue weighted by atomic mass is 16.5. The molecule has 3 nitrogen and oxygen atoms in total. The number of amides is 1. The summed E-state index contributed by atoms with van der Waals surface area (Å²) in [6.07, 6.45) is 3.38. The monoisotopic (exact) mass is 337 g/mol. The summed E-state index contributed by atoms with van der Waals surface area (Å²) in [6.45, 7) is 8.56. The number of carbonyl (C=O) groups excluding carboxylic acids is 1. The van der Waals surface area contributed by atoms with E-state index in [0.29, 0.717) is 11.8 Å². The van der Waals surface area contributed by atoms with E-state index < -0.39 is 0 Å². The fraction of sp³-hybridized carbons (Fsp3) is 0.318. The number of para-hydroxylation sites is 1. The number of benzene rings is 2. The first-order chi connectivity index (χ1) is 11.9. The van der Waals surface area contributed by atoms with E-state index >= 15 is 0 Å². The summed E-state index contributed by atoms with van der Waals surface area (Å²) >= 11 is 0. The van der Waals surface area contributed by atoms with Crippen LogP contribution in [0.1, 0.15) is 56.2 Å². The fourth-order valence-corrected chi connectivity index (χ4v) is 2.75. The molecule has 2 aromatic carbocycles. The second-order valence-corrected chi connectivity index (χ2v) is 6.72. The molecule has 0 aromatic heterocycles. The van der Waals surface area contributed by atoms with Gasteiger partial charge in [-0.2, -0.15) is 0 Å². The van der Waals surface area contributed by atoms with Gasteiger partial charge in [0, 0.05) is 11.8 Å². The topological polar surface area (TPSA) is 38.3 Å². The Morgan fingerprint density at radius 1 is 0.960 bits per heavy atom. The van der Waals surface area contributed by atoms with Crippen LogP contribution in [0, 0.1) is 0 Å². The molecule has 0 fully saturated rings. The van der Waals surface area contributed by atoms with Gasteiger partial charge in [0.25, 0.3) is 0 Å². The Hall–Kier alpha value is -2.55. The number of methoxy groups -OCH3 is 1. The molecule has 132 valence electrons. The van der Waals surface area contributed by atoms with Crippen molar-refractivity contribution in [3.05, 3.63) is 65.2 Å². The zero-order valence-corrected chi connectivity index (χ0v) is 15.7. The van der Waals surface area contributed by atoms with E-state index in [1.165, 1.54) is 0 Å². The van der Waals surface area contributed by atoms with Crippen LogP contribution in [0.25, 0.3) is 6.08 Å².